The molecule has 18 heteroatoms. The molecule has 0 spiro atoms. The van der Waals surface area contributed by atoms with Crippen LogP contribution in [0.2, 0.25) is 0 Å². The summed E-state index contributed by atoms with van der Waals surface area (Å²) in [7, 11) is 0. The third kappa shape index (κ3) is 19.0. The number of aromatic nitrogens is 9. The minimum Gasteiger partial charge on any atom is -0.353 e. The molecule has 6 heterocycles. The van der Waals surface area contributed by atoms with Crippen molar-refractivity contribution in [1.82, 2.24) is 76.9 Å². The molecule has 0 aliphatic carbocycles. The third-order valence-electron chi connectivity index (χ3n) is 11.8. The lowest BCUT2D eigenvalue weighted by Crippen LogP contribution is -2.46. The number of likely N-dealkylation sites (tertiary alicyclic amines) is 3. The SMILES string of the molecule is CC(C)N1CCC(NC(=O)CCCCc2cn[nH]n2)CC1.CC(C)N1CCC(NC(=O)CCCc2cn[nH]n2)CC1.CC(C)N1CCC(NC(=O)CCc2cn[nH]n2)CC1. The number of aromatic amines is 3. The van der Waals surface area contributed by atoms with Crippen molar-refractivity contribution in [2.75, 3.05) is 39.3 Å². The molecule has 3 amide bonds. The molecule has 3 aliphatic heterocycles. The predicted molar refractivity (Wildman–Crippen MR) is 232 cm³/mol. The highest BCUT2D eigenvalue weighted by Gasteiger charge is 2.24. The summed E-state index contributed by atoms with van der Waals surface area (Å²) in [5.74, 6) is 0.473. The van der Waals surface area contributed by atoms with E-state index in [9.17, 15) is 14.4 Å². The van der Waals surface area contributed by atoms with E-state index >= 15 is 0 Å². The highest BCUT2D eigenvalue weighted by atomic mass is 16.2. The number of aryl methyl sites for hydroxylation is 3. The van der Waals surface area contributed by atoms with E-state index in [4.69, 9.17) is 0 Å². The zero-order valence-corrected chi connectivity index (χ0v) is 37.3. The van der Waals surface area contributed by atoms with Crippen LogP contribution in [-0.2, 0) is 33.6 Å². The van der Waals surface area contributed by atoms with Crippen LogP contribution in [0.3, 0.4) is 0 Å². The Labute approximate surface area is 357 Å². The van der Waals surface area contributed by atoms with Gasteiger partial charge in [-0.05, 0) is 112 Å². The van der Waals surface area contributed by atoms with Gasteiger partial charge in [0.1, 0.15) is 0 Å². The lowest BCUT2D eigenvalue weighted by Gasteiger charge is -2.34. The molecule has 3 aliphatic rings. The number of carbonyl (C=O) groups is 3. The lowest BCUT2D eigenvalue weighted by atomic mass is 10.0. The fraction of sp³-hybridized carbons (Fsp3) is 0.786. The van der Waals surface area contributed by atoms with Crippen LogP contribution in [0.5, 0.6) is 0 Å². The standard InChI is InChI=1S/C15H27N5O.C14H25N5O.C13H23N5O/c1-12(2)20-9-7-13(8-10-20)17-15(21)6-4-3-5-14-11-16-19-18-14;1-11(2)19-8-6-12(7-9-19)16-14(20)5-3-4-13-10-15-18-17-13;1-10(2)18-7-5-11(6-8-18)15-13(19)4-3-12-9-14-17-16-12/h11-13H,3-10H2,1-2H3,(H,17,21)(H,16,18,19);10-12H,3-9H2,1-2H3,(H,16,20)(H,15,17,18);9-11H,3-8H2,1-2H3,(H,15,19)(H,14,16,17). The van der Waals surface area contributed by atoms with Crippen LogP contribution in [0, 0.1) is 0 Å². The Hall–Kier alpha value is -4.29. The van der Waals surface area contributed by atoms with Gasteiger partial charge in [0.05, 0.1) is 35.7 Å². The molecule has 3 aromatic rings. The second kappa shape index (κ2) is 26.8. The molecule has 3 fully saturated rings. The zero-order chi connectivity index (χ0) is 43.1. The molecule has 0 bridgehead atoms. The van der Waals surface area contributed by atoms with Crippen LogP contribution in [0.15, 0.2) is 18.6 Å². The number of hydrogen-bond donors (Lipinski definition) is 6. The van der Waals surface area contributed by atoms with Crippen molar-refractivity contribution >= 4 is 17.7 Å². The summed E-state index contributed by atoms with van der Waals surface area (Å²) in [6.45, 7) is 19.9. The molecular formula is C42H75N15O3. The van der Waals surface area contributed by atoms with Crippen molar-refractivity contribution in [3.63, 3.8) is 0 Å². The van der Waals surface area contributed by atoms with Crippen molar-refractivity contribution in [2.24, 2.45) is 0 Å². The average molecular weight is 838 g/mol. The first-order valence-corrected chi connectivity index (χ1v) is 22.6. The number of carbonyl (C=O) groups excluding carboxylic acids is 3. The Morgan fingerprint density at radius 1 is 0.500 bits per heavy atom. The Morgan fingerprint density at radius 2 is 0.817 bits per heavy atom. The molecule has 336 valence electrons. The lowest BCUT2D eigenvalue weighted by molar-refractivity contribution is -0.123. The van der Waals surface area contributed by atoms with Gasteiger partial charge in [-0.1, -0.05) is 0 Å². The largest absolute Gasteiger partial charge is 0.353 e. The van der Waals surface area contributed by atoms with Gasteiger partial charge in [-0.15, -0.1) is 0 Å². The van der Waals surface area contributed by atoms with Gasteiger partial charge in [0.15, 0.2) is 0 Å². The monoisotopic (exact) mass is 838 g/mol. The molecular weight excluding hydrogens is 763 g/mol. The quantitative estimate of drug-likeness (QED) is 0.102. The fourth-order valence-electron chi connectivity index (χ4n) is 7.88. The molecule has 18 nitrogen and oxygen atoms in total. The van der Waals surface area contributed by atoms with Crippen LogP contribution in [-0.4, -0.2) is 154 Å². The van der Waals surface area contributed by atoms with Gasteiger partial charge in [0.2, 0.25) is 17.7 Å². The molecule has 60 heavy (non-hydrogen) atoms. The van der Waals surface area contributed by atoms with E-state index in [0.717, 1.165) is 127 Å². The first kappa shape index (κ1) is 48.4. The van der Waals surface area contributed by atoms with E-state index in [2.05, 4.69) is 118 Å². The van der Waals surface area contributed by atoms with Gasteiger partial charge >= 0.3 is 0 Å². The highest BCUT2D eigenvalue weighted by molar-refractivity contribution is 5.77. The van der Waals surface area contributed by atoms with Crippen LogP contribution < -0.4 is 16.0 Å². The van der Waals surface area contributed by atoms with Crippen molar-refractivity contribution in [1.29, 1.82) is 0 Å². The Balaban J connectivity index is 0.000000199. The van der Waals surface area contributed by atoms with Crippen LogP contribution in [0.4, 0.5) is 0 Å². The number of nitrogens with one attached hydrogen (secondary N) is 6. The number of nitrogens with zero attached hydrogens (tertiary/aromatic N) is 9. The van der Waals surface area contributed by atoms with Crippen LogP contribution >= 0.6 is 0 Å². The molecule has 0 saturated carbocycles. The van der Waals surface area contributed by atoms with E-state index in [-0.39, 0.29) is 17.7 Å². The fourth-order valence-corrected chi connectivity index (χ4v) is 7.88. The van der Waals surface area contributed by atoms with E-state index in [0.29, 0.717) is 61.9 Å². The molecule has 3 aromatic heterocycles. The molecule has 6 rings (SSSR count). The zero-order valence-electron chi connectivity index (χ0n) is 37.3. The van der Waals surface area contributed by atoms with E-state index in [1.54, 1.807) is 18.6 Å². The van der Waals surface area contributed by atoms with E-state index in [1.165, 1.54) is 0 Å². The summed E-state index contributed by atoms with van der Waals surface area (Å²) in [5.41, 5.74) is 2.73. The maximum absolute atomic E-state index is 11.9. The Morgan fingerprint density at radius 3 is 1.15 bits per heavy atom. The second-order valence-electron chi connectivity index (χ2n) is 17.4. The number of amides is 3. The van der Waals surface area contributed by atoms with Crippen LogP contribution in [0.1, 0.15) is 136 Å². The van der Waals surface area contributed by atoms with Gasteiger partial charge in [-0.2, -0.15) is 46.2 Å². The maximum Gasteiger partial charge on any atom is 0.220 e. The van der Waals surface area contributed by atoms with Crippen molar-refractivity contribution in [3.8, 4) is 0 Å². The normalized spacial score (nSPS) is 17.6. The minimum absolute atomic E-state index is 0.117. The summed E-state index contributed by atoms with van der Waals surface area (Å²) in [4.78, 5) is 43.0. The summed E-state index contributed by atoms with van der Waals surface area (Å²) in [5, 5.41) is 40.4. The van der Waals surface area contributed by atoms with Crippen molar-refractivity contribution < 1.29 is 14.4 Å². The van der Waals surface area contributed by atoms with Crippen molar-refractivity contribution in [2.45, 2.75) is 174 Å². The molecule has 0 radical (unpaired) electrons. The first-order valence-electron chi connectivity index (χ1n) is 22.6. The Bertz CT molecular complexity index is 1560. The smallest absolute Gasteiger partial charge is 0.220 e. The van der Waals surface area contributed by atoms with Gasteiger partial charge in [0.25, 0.3) is 0 Å². The maximum atomic E-state index is 11.9. The molecule has 6 N–H and O–H groups in total. The average Bonchev–Trinajstić information content (AvgIpc) is 4.06. The summed E-state index contributed by atoms with van der Waals surface area (Å²) >= 11 is 0. The van der Waals surface area contributed by atoms with E-state index < -0.39 is 0 Å². The van der Waals surface area contributed by atoms with Gasteiger partial charge in [0, 0.05) is 101 Å². The van der Waals surface area contributed by atoms with Crippen LogP contribution in [0.25, 0.3) is 0 Å². The molecule has 3 saturated heterocycles. The summed E-state index contributed by atoms with van der Waals surface area (Å²) in [6.07, 6.45) is 18.2. The second-order valence-corrected chi connectivity index (χ2v) is 17.4. The van der Waals surface area contributed by atoms with Gasteiger partial charge in [-0.3, -0.25) is 14.4 Å². The number of H-pyrrole nitrogens is 3. The minimum atomic E-state index is 0.117. The van der Waals surface area contributed by atoms with E-state index in [1.807, 2.05) is 0 Å². The number of rotatable bonds is 18. The number of unbranched alkanes of at least 4 members (excludes halogenated alkanes) is 1. The third-order valence-corrected chi connectivity index (χ3v) is 11.8. The summed E-state index contributed by atoms with van der Waals surface area (Å²) in [6, 6.07) is 2.86. The number of hydrogen-bond acceptors (Lipinski definition) is 12. The van der Waals surface area contributed by atoms with Gasteiger partial charge in [-0.25, -0.2) is 0 Å². The Kier molecular flexibility index (Phi) is 21.6. The topological polar surface area (TPSA) is 222 Å². The van der Waals surface area contributed by atoms with Gasteiger partial charge < -0.3 is 30.7 Å². The first-order chi connectivity index (χ1) is 28.9. The molecule has 0 atom stereocenters. The molecule has 0 unspecified atom stereocenters. The summed E-state index contributed by atoms with van der Waals surface area (Å²) < 4.78 is 0. The van der Waals surface area contributed by atoms with Crippen molar-refractivity contribution in [3.05, 3.63) is 35.7 Å². The number of piperidine rings is 3. The predicted octanol–water partition coefficient (Wildman–Crippen LogP) is 3.35. The molecule has 0 aromatic carbocycles. The highest BCUT2D eigenvalue weighted by Crippen LogP contribution is 2.16.